The number of fused-ring (bicyclic) bond motifs is 1. The number of nitrogen functional groups attached to an aromatic ring is 1. The zero-order valence-electron chi connectivity index (χ0n) is 19.8. The first-order valence-electron chi connectivity index (χ1n) is 11.5. The summed E-state index contributed by atoms with van der Waals surface area (Å²) >= 11 is 0. The number of hydrogen-bond acceptors (Lipinski definition) is 7. The third kappa shape index (κ3) is 3.69. The van der Waals surface area contributed by atoms with Gasteiger partial charge in [-0.2, -0.15) is 4.98 Å². The Hall–Kier alpha value is -3.81. The number of nitrogens with one attached hydrogen (secondary N) is 1. The second kappa shape index (κ2) is 8.52. The van der Waals surface area contributed by atoms with Gasteiger partial charge in [-0.25, -0.2) is 4.68 Å². The van der Waals surface area contributed by atoms with Crippen LogP contribution in [0.3, 0.4) is 0 Å². The molecule has 1 aliphatic carbocycles. The smallest absolute Gasteiger partial charge is 0.241 e. The average molecular weight is 460 g/mol. The number of methoxy groups -OCH3 is 2. The van der Waals surface area contributed by atoms with Gasteiger partial charge in [0.15, 0.2) is 17.3 Å². The van der Waals surface area contributed by atoms with Crippen LogP contribution in [-0.2, 0) is 4.79 Å². The van der Waals surface area contributed by atoms with Gasteiger partial charge in [-0.1, -0.05) is 44.2 Å². The van der Waals surface area contributed by atoms with E-state index in [0.717, 1.165) is 22.4 Å². The largest absolute Gasteiger partial charge is 0.493 e. The molecule has 0 saturated heterocycles. The molecular weight excluding hydrogens is 430 g/mol. The van der Waals surface area contributed by atoms with Gasteiger partial charge in [0.2, 0.25) is 11.9 Å². The van der Waals surface area contributed by atoms with Gasteiger partial charge < -0.3 is 20.5 Å². The molecule has 2 atom stereocenters. The lowest BCUT2D eigenvalue weighted by Gasteiger charge is -2.35. The lowest BCUT2D eigenvalue weighted by atomic mass is 9.77. The fraction of sp³-hybridized carbons (Fsp3) is 0.346. The number of allylic oxidation sites excluding steroid dienone is 2. The zero-order chi connectivity index (χ0) is 24.0. The van der Waals surface area contributed by atoms with E-state index in [0.29, 0.717) is 36.2 Å². The molecule has 2 aliphatic rings. The second-order valence-corrected chi connectivity index (χ2v) is 9.12. The van der Waals surface area contributed by atoms with Crippen molar-refractivity contribution in [1.82, 2.24) is 14.8 Å². The summed E-state index contributed by atoms with van der Waals surface area (Å²) in [5.74, 6) is 2.57. The van der Waals surface area contributed by atoms with E-state index < -0.39 is 0 Å². The summed E-state index contributed by atoms with van der Waals surface area (Å²) in [6.45, 7) is 4.32. The summed E-state index contributed by atoms with van der Waals surface area (Å²) in [5.41, 5.74) is 10.8. The van der Waals surface area contributed by atoms with Crippen molar-refractivity contribution in [3.05, 3.63) is 70.4 Å². The molecule has 0 radical (unpaired) electrons. The van der Waals surface area contributed by atoms with Crippen LogP contribution in [0.25, 0.3) is 0 Å². The Kier molecular flexibility index (Phi) is 5.51. The first kappa shape index (κ1) is 22.0. The fourth-order valence-corrected chi connectivity index (χ4v) is 4.94. The molecule has 3 N–H and O–H groups in total. The molecule has 34 heavy (non-hydrogen) atoms. The van der Waals surface area contributed by atoms with Gasteiger partial charge in [-0.15, -0.1) is 5.10 Å². The lowest BCUT2D eigenvalue weighted by Crippen LogP contribution is -2.33. The van der Waals surface area contributed by atoms with Crippen LogP contribution in [0.1, 0.15) is 61.3 Å². The molecule has 1 aromatic heterocycles. The molecule has 0 saturated carbocycles. The van der Waals surface area contributed by atoms with Crippen molar-refractivity contribution >= 4 is 17.7 Å². The third-order valence-corrected chi connectivity index (χ3v) is 6.73. The van der Waals surface area contributed by atoms with E-state index in [-0.39, 0.29) is 23.7 Å². The van der Waals surface area contributed by atoms with E-state index in [4.69, 9.17) is 15.2 Å². The molecular formula is C26H29N5O3. The molecule has 0 spiro atoms. The number of rotatable bonds is 5. The minimum atomic E-state index is -0.365. The monoisotopic (exact) mass is 459 g/mol. The first-order chi connectivity index (χ1) is 16.4. The van der Waals surface area contributed by atoms with Crippen molar-refractivity contribution < 1.29 is 14.3 Å². The van der Waals surface area contributed by atoms with Crippen molar-refractivity contribution in [2.45, 2.75) is 44.6 Å². The van der Waals surface area contributed by atoms with Crippen molar-refractivity contribution in [3.8, 4) is 11.5 Å². The minimum Gasteiger partial charge on any atom is -0.493 e. The summed E-state index contributed by atoms with van der Waals surface area (Å²) in [5, 5.41) is 7.76. The van der Waals surface area contributed by atoms with Gasteiger partial charge in [0, 0.05) is 17.7 Å². The summed E-state index contributed by atoms with van der Waals surface area (Å²) < 4.78 is 12.6. The number of ketones is 1. The van der Waals surface area contributed by atoms with Crippen molar-refractivity contribution in [2.75, 3.05) is 25.3 Å². The van der Waals surface area contributed by atoms with Crippen LogP contribution in [0, 0.1) is 0 Å². The van der Waals surface area contributed by atoms with E-state index in [9.17, 15) is 4.79 Å². The van der Waals surface area contributed by atoms with E-state index in [2.05, 4.69) is 53.5 Å². The Balaban J connectivity index is 1.55. The van der Waals surface area contributed by atoms with Gasteiger partial charge in [0.25, 0.3) is 0 Å². The first-order valence-corrected chi connectivity index (χ1v) is 11.5. The number of Topliss-reactive ketones (excluding diaryl/α,β-unsaturated/α-hetero) is 1. The lowest BCUT2D eigenvalue weighted by molar-refractivity contribution is -0.116. The minimum absolute atomic E-state index is 0.00865. The number of hydrogen-bond donors (Lipinski definition) is 2. The molecule has 8 heteroatoms. The number of ether oxygens (including phenoxy) is 2. The normalized spacial score (nSPS) is 19.5. The van der Waals surface area contributed by atoms with Gasteiger partial charge in [-0.05, 0) is 47.1 Å². The molecule has 3 aromatic rings. The molecule has 8 nitrogen and oxygen atoms in total. The van der Waals surface area contributed by atoms with Crippen LogP contribution < -0.4 is 20.5 Å². The van der Waals surface area contributed by atoms with E-state index >= 15 is 0 Å². The maximum atomic E-state index is 13.6. The van der Waals surface area contributed by atoms with E-state index in [1.807, 2.05) is 18.2 Å². The highest BCUT2D eigenvalue weighted by molar-refractivity contribution is 6.00. The number of nitrogens with zero attached hydrogens (tertiary/aromatic N) is 3. The number of anilines is 2. The number of nitrogens with two attached hydrogens (primary N) is 1. The molecule has 2 heterocycles. The van der Waals surface area contributed by atoms with Gasteiger partial charge in [-0.3, -0.25) is 4.79 Å². The van der Waals surface area contributed by atoms with Crippen LogP contribution in [0.15, 0.2) is 53.7 Å². The number of benzene rings is 2. The maximum Gasteiger partial charge on any atom is 0.241 e. The van der Waals surface area contributed by atoms with Crippen LogP contribution in [-0.4, -0.2) is 34.8 Å². The Bertz CT molecular complexity index is 1280. The zero-order valence-corrected chi connectivity index (χ0v) is 19.8. The van der Waals surface area contributed by atoms with Crippen LogP contribution in [0.2, 0.25) is 0 Å². The topological polar surface area (TPSA) is 104 Å². The van der Waals surface area contributed by atoms with Crippen molar-refractivity contribution in [3.63, 3.8) is 0 Å². The maximum absolute atomic E-state index is 13.6. The van der Waals surface area contributed by atoms with Crippen LogP contribution in [0.4, 0.5) is 11.9 Å². The third-order valence-electron chi connectivity index (χ3n) is 6.73. The summed E-state index contributed by atoms with van der Waals surface area (Å²) in [6.07, 6.45) is 1.07. The summed E-state index contributed by atoms with van der Waals surface area (Å²) in [6, 6.07) is 13.8. The van der Waals surface area contributed by atoms with Gasteiger partial charge >= 0.3 is 0 Å². The number of carbonyl (C=O) groups excluding carboxylic acids is 1. The predicted octanol–water partition coefficient (Wildman–Crippen LogP) is 4.42. The molecule has 0 bridgehead atoms. The van der Waals surface area contributed by atoms with Crippen LogP contribution in [0.5, 0.6) is 11.5 Å². The molecule has 176 valence electrons. The Labute approximate surface area is 198 Å². The highest BCUT2D eigenvalue weighted by Gasteiger charge is 2.39. The highest BCUT2D eigenvalue weighted by Crippen LogP contribution is 2.45. The van der Waals surface area contributed by atoms with Gasteiger partial charge in [0.1, 0.15) is 6.04 Å². The number of carbonyl (C=O) groups is 1. The molecule has 0 amide bonds. The Morgan fingerprint density at radius 1 is 1.03 bits per heavy atom. The average Bonchev–Trinajstić information content (AvgIpc) is 3.21. The highest BCUT2D eigenvalue weighted by atomic mass is 16.5. The molecule has 0 fully saturated rings. The SMILES string of the molecule is COc1ccc([C@H]2CC(=O)C3=C(C2)Nc2nc(N)nn2[C@@H]3c2ccc(C(C)C)cc2)cc1OC. The molecule has 0 unspecified atom stereocenters. The van der Waals surface area contributed by atoms with Crippen molar-refractivity contribution in [2.24, 2.45) is 0 Å². The summed E-state index contributed by atoms with van der Waals surface area (Å²) in [7, 11) is 3.23. The van der Waals surface area contributed by atoms with Gasteiger partial charge in [0.05, 0.1) is 14.2 Å². The van der Waals surface area contributed by atoms with Crippen LogP contribution >= 0.6 is 0 Å². The standard InChI is InChI=1S/C26H29N5O3/c1-14(2)15-5-7-16(8-6-15)24-23-19(28-26-29-25(27)30-31(24)26)11-18(12-20(23)32)17-9-10-21(33-3)22(13-17)34-4/h5-10,13-14,18,24H,11-12H2,1-4H3,(H3,27,28,29,30)/t18-,24-/m1/s1. The second-order valence-electron chi connectivity index (χ2n) is 9.12. The van der Waals surface area contributed by atoms with E-state index in [1.54, 1.807) is 18.9 Å². The summed E-state index contributed by atoms with van der Waals surface area (Å²) in [4.78, 5) is 18.0. The molecule has 1 aliphatic heterocycles. The van der Waals surface area contributed by atoms with E-state index in [1.165, 1.54) is 5.56 Å². The molecule has 5 rings (SSSR count). The predicted molar refractivity (Wildman–Crippen MR) is 130 cm³/mol. The molecule has 2 aromatic carbocycles. The Morgan fingerprint density at radius 3 is 2.41 bits per heavy atom. The number of aromatic nitrogens is 3. The van der Waals surface area contributed by atoms with Crippen molar-refractivity contribution in [1.29, 1.82) is 0 Å². The quantitative estimate of drug-likeness (QED) is 0.582. The fourth-order valence-electron chi connectivity index (χ4n) is 4.94. The Morgan fingerprint density at radius 2 is 1.74 bits per heavy atom.